The summed E-state index contributed by atoms with van der Waals surface area (Å²) in [6.07, 6.45) is 3.75. The third kappa shape index (κ3) is 6.56. The van der Waals surface area contributed by atoms with Crippen molar-refractivity contribution in [2.75, 3.05) is 28.8 Å². The van der Waals surface area contributed by atoms with Crippen molar-refractivity contribution in [1.82, 2.24) is 14.3 Å². The molecule has 250 valence electrons. The number of aryl methyl sites for hydroxylation is 1. The molecule has 1 aromatic heterocycles. The van der Waals surface area contributed by atoms with Crippen molar-refractivity contribution in [3.63, 3.8) is 0 Å². The smallest absolute Gasteiger partial charge is 0.253 e. The zero-order valence-corrected chi connectivity index (χ0v) is 29.2. The highest BCUT2D eigenvalue weighted by Gasteiger charge is 2.27. The van der Waals surface area contributed by atoms with Crippen molar-refractivity contribution in [2.45, 2.75) is 25.7 Å². The molecule has 0 aliphatic carbocycles. The van der Waals surface area contributed by atoms with Crippen molar-refractivity contribution in [3.05, 3.63) is 155 Å². The number of imidazole rings is 1. The molecule has 2 saturated heterocycles. The van der Waals surface area contributed by atoms with Crippen molar-refractivity contribution in [2.24, 2.45) is 0 Å². The van der Waals surface area contributed by atoms with E-state index in [-0.39, 0.29) is 12.5 Å². The molecule has 1 amide bonds. The molecule has 2 aliphatic heterocycles. The quantitative estimate of drug-likeness (QED) is 0.174. The second-order valence-electron chi connectivity index (χ2n) is 13.0. The summed E-state index contributed by atoms with van der Waals surface area (Å²) in [7, 11) is 0. The number of halogens is 1. The first-order valence-corrected chi connectivity index (χ1v) is 18.3. The summed E-state index contributed by atoms with van der Waals surface area (Å²) in [6.45, 7) is 4.17. The van der Waals surface area contributed by atoms with Gasteiger partial charge in [0.2, 0.25) is 11.2 Å². The zero-order chi connectivity index (χ0) is 34.2. The van der Waals surface area contributed by atoms with Crippen molar-refractivity contribution in [1.29, 1.82) is 0 Å². The maximum Gasteiger partial charge on any atom is 0.253 e. The molecule has 2 atom stereocenters. The summed E-state index contributed by atoms with van der Waals surface area (Å²) in [4.78, 5) is 19.5. The lowest BCUT2D eigenvalue weighted by atomic mass is 9.99. The molecular formula is C41H36ClN5O2S. The Morgan fingerprint density at radius 1 is 0.840 bits per heavy atom. The lowest BCUT2D eigenvalue weighted by molar-refractivity contribution is -0.117. The van der Waals surface area contributed by atoms with Crippen LogP contribution in [0.4, 0.5) is 11.4 Å². The van der Waals surface area contributed by atoms with E-state index < -0.39 is 11.2 Å². The molecule has 0 saturated carbocycles. The topological polar surface area (TPSA) is 70.5 Å². The van der Waals surface area contributed by atoms with E-state index >= 15 is 0 Å². The number of hydrogen-bond donors (Lipinski definition) is 1. The summed E-state index contributed by atoms with van der Waals surface area (Å²) >= 11 is 5.08. The van der Waals surface area contributed by atoms with E-state index in [2.05, 4.69) is 93.1 Å². The molecule has 9 heteroatoms. The predicted octanol–water partition coefficient (Wildman–Crippen LogP) is 8.27. The Labute approximate surface area is 299 Å². The van der Waals surface area contributed by atoms with Gasteiger partial charge in [0.05, 0.1) is 16.4 Å². The van der Waals surface area contributed by atoms with Crippen LogP contribution in [0.5, 0.6) is 0 Å². The molecule has 7 nitrogen and oxygen atoms in total. The van der Waals surface area contributed by atoms with E-state index in [9.17, 15) is 9.00 Å². The van der Waals surface area contributed by atoms with Gasteiger partial charge in [-0.3, -0.25) is 13.8 Å². The largest absolute Gasteiger partial charge is 0.371 e. The standard InChI is InChI=1S/C41H36ClN5O2S/c1-28-10-19-37(38(42)22-28)39-26-46(35-8-5-9-36(24-35)47-27-41(48)44-50(47)49)40(43-39)23-29-11-13-31(14-12-29)32-15-17-34(18-16-32)45-21-20-33(25-45)30-6-3-2-4-7-30/h2-19,22,24,26,33H,20-21,23,25,27H2,1H3,(H,44,48)/t33-,50?/m1/s1. The normalized spacial score (nSPS) is 17.4. The second kappa shape index (κ2) is 13.6. The van der Waals surface area contributed by atoms with Gasteiger partial charge in [-0.1, -0.05) is 96.5 Å². The minimum atomic E-state index is -1.61. The molecule has 0 spiro atoms. The minimum Gasteiger partial charge on any atom is -0.371 e. The number of nitrogens with one attached hydrogen (secondary N) is 1. The molecule has 8 rings (SSSR count). The fraction of sp³-hybridized carbons (Fsp3) is 0.171. The van der Waals surface area contributed by atoms with Gasteiger partial charge in [0.1, 0.15) is 12.4 Å². The first-order valence-electron chi connectivity index (χ1n) is 16.8. The van der Waals surface area contributed by atoms with Crippen LogP contribution in [0.15, 0.2) is 128 Å². The lowest BCUT2D eigenvalue weighted by Crippen LogP contribution is -2.22. The first-order chi connectivity index (χ1) is 24.4. The molecule has 6 aromatic rings. The highest BCUT2D eigenvalue weighted by Crippen LogP contribution is 2.33. The number of carbonyl (C=O) groups is 1. The molecule has 2 aliphatic rings. The number of carbonyl (C=O) groups excluding carboxylic acids is 1. The van der Waals surface area contributed by atoms with Crippen LogP contribution in [-0.2, 0) is 22.4 Å². The SMILES string of the molecule is Cc1ccc(-c2cn(-c3cccc(N4CC(=O)NS4=O)c3)c(Cc3ccc(-c4ccc(N5CC[C@@H](c6ccccc6)C5)cc4)cc3)n2)c(Cl)c1. The van der Waals surface area contributed by atoms with E-state index in [4.69, 9.17) is 16.6 Å². The monoisotopic (exact) mass is 697 g/mol. The molecule has 2 fully saturated rings. The minimum absolute atomic E-state index is 0.0408. The van der Waals surface area contributed by atoms with Crippen LogP contribution in [0.1, 0.15) is 34.9 Å². The van der Waals surface area contributed by atoms with E-state index in [1.165, 1.54) is 23.2 Å². The number of benzene rings is 5. The molecule has 50 heavy (non-hydrogen) atoms. The Morgan fingerprint density at radius 3 is 2.30 bits per heavy atom. The predicted molar refractivity (Wildman–Crippen MR) is 203 cm³/mol. The molecule has 1 unspecified atom stereocenters. The molecule has 0 radical (unpaired) electrons. The van der Waals surface area contributed by atoms with Gasteiger partial charge < -0.3 is 9.47 Å². The van der Waals surface area contributed by atoms with E-state index in [1.54, 1.807) is 4.31 Å². The van der Waals surface area contributed by atoms with Crippen LogP contribution in [0.3, 0.4) is 0 Å². The molecule has 5 aromatic carbocycles. The van der Waals surface area contributed by atoms with Gasteiger partial charge in [0.15, 0.2) is 0 Å². The lowest BCUT2D eigenvalue weighted by Gasteiger charge is -2.19. The summed E-state index contributed by atoms with van der Waals surface area (Å²) in [5.74, 6) is 1.14. The highest BCUT2D eigenvalue weighted by molar-refractivity contribution is 7.85. The summed E-state index contributed by atoms with van der Waals surface area (Å²) in [5, 5.41) is 0.642. The Balaban J connectivity index is 1.04. The van der Waals surface area contributed by atoms with Gasteiger partial charge in [-0.2, -0.15) is 0 Å². The fourth-order valence-electron chi connectivity index (χ4n) is 6.94. The van der Waals surface area contributed by atoms with Gasteiger partial charge in [-0.25, -0.2) is 9.19 Å². The fourth-order valence-corrected chi connectivity index (χ4v) is 8.18. The summed E-state index contributed by atoms with van der Waals surface area (Å²) in [5.41, 5.74) is 10.4. The van der Waals surface area contributed by atoms with Gasteiger partial charge in [-0.15, -0.1) is 0 Å². The van der Waals surface area contributed by atoms with Crippen LogP contribution >= 0.6 is 11.6 Å². The van der Waals surface area contributed by atoms with Gasteiger partial charge in [-0.05, 0) is 77.6 Å². The second-order valence-corrected chi connectivity index (χ2v) is 14.5. The summed E-state index contributed by atoms with van der Waals surface area (Å²) < 4.78 is 18.6. The molecule has 3 heterocycles. The Hall–Kier alpha value is -5.18. The van der Waals surface area contributed by atoms with Crippen LogP contribution < -0.4 is 13.9 Å². The zero-order valence-electron chi connectivity index (χ0n) is 27.6. The third-order valence-electron chi connectivity index (χ3n) is 9.61. The van der Waals surface area contributed by atoms with E-state index in [1.807, 2.05) is 55.6 Å². The number of amides is 1. The molecular weight excluding hydrogens is 662 g/mol. The highest BCUT2D eigenvalue weighted by atomic mass is 35.5. The average molecular weight is 698 g/mol. The molecule has 1 N–H and O–H groups in total. The van der Waals surface area contributed by atoms with Crippen LogP contribution in [0.25, 0.3) is 28.1 Å². The van der Waals surface area contributed by atoms with Crippen molar-refractivity contribution in [3.8, 4) is 28.1 Å². The first kappa shape index (κ1) is 32.0. The van der Waals surface area contributed by atoms with Gasteiger partial charge in [0, 0.05) is 48.6 Å². The maximum atomic E-state index is 12.5. The number of rotatable bonds is 8. The number of hydrogen-bond acceptors (Lipinski definition) is 4. The van der Waals surface area contributed by atoms with Crippen molar-refractivity contribution < 1.29 is 9.00 Å². The van der Waals surface area contributed by atoms with E-state index in [0.29, 0.717) is 23.0 Å². The van der Waals surface area contributed by atoms with E-state index in [0.717, 1.165) is 52.5 Å². The maximum absolute atomic E-state index is 12.5. The van der Waals surface area contributed by atoms with Crippen LogP contribution in [0.2, 0.25) is 5.02 Å². The Bertz CT molecular complexity index is 2200. The van der Waals surface area contributed by atoms with Crippen LogP contribution in [-0.4, -0.2) is 39.3 Å². The third-order valence-corrected chi connectivity index (χ3v) is 11.1. The van der Waals surface area contributed by atoms with Crippen LogP contribution in [0, 0.1) is 6.92 Å². The number of aromatic nitrogens is 2. The van der Waals surface area contributed by atoms with Gasteiger partial charge >= 0.3 is 0 Å². The average Bonchev–Trinajstić information content (AvgIpc) is 3.88. The summed E-state index contributed by atoms with van der Waals surface area (Å²) in [6, 6.07) is 42.1. The number of anilines is 2. The number of nitrogens with zero attached hydrogens (tertiary/aromatic N) is 4. The Morgan fingerprint density at radius 2 is 1.58 bits per heavy atom. The Kier molecular flexibility index (Phi) is 8.73. The molecule has 0 bridgehead atoms. The van der Waals surface area contributed by atoms with Gasteiger partial charge in [0.25, 0.3) is 5.91 Å². The van der Waals surface area contributed by atoms with Crippen molar-refractivity contribution >= 4 is 40.1 Å².